The maximum atomic E-state index is 6.42. The van der Waals surface area contributed by atoms with Crippen molar-refractivity contribution in [3.05, 3.63) is 28.8 Å². The van der Waals surface area contributed by atoms with E-state index >= 15 is 0 Å². The van der Waals surface area contributed by atoms with E-state index in [-0.39, 0.29) is 6.04 Å². The largest absolute Gasteiger partial charge is 0.367 e. The second-order valence-electron chi connectivity index (χ2n) is 5.30. The SMILES string of the molecule is CCC(N)Cc1cccc(Cl)c1N1CCCC1C. The van der Waals surface area contributed by atoms with Gasteiger partial charge in [-0.2, -0.15) is 0 Å². The van der Waals surface area contributed by atoms with Crippen LogP contribution in [0.4, 0.5) is 5.69 Å². The number of hydrogen-bond donors (Lipinski definition) is 1. The average molecular weight is 267 g/mol. The first kappa shape index (κ1) is 13.7. The lowest BCUT2D eigenvalue weighted by molar-refractivity contribution is 0.642. The van der Waals surface area contributed by atoms with Crippen LogP contribution in [0.3, 0.4) is 0 Å². The summed E-state index contributed by atoms with van der Waals surface area (Å²) in [5.41, 5.74) is 8.61. The Balaban J connectivity index is 2.31. The molecule has 0 amide bonds. The molecule has 1 aliphatic rings. The molecule has 1 heterocycles. The van der Waals surface area contributed by atoms with Crippen LogP contribution in [0.15, 0.2) is 18.2 Å². The Kier molecular flexibility index (Phi) is 4.52. The first-order valence-corrected chi connectivity index (χ1v) is 7.31. The lowest BCUT2D eigenvalue weighted by atomic mass is 10.0. The molecule has 1 aromatic rings. The summed E-state index contributed by atoms with van der Waals surface area (Å²) in [6.07, 6.45) is 4.42. The van der Waals surface area contributed by atoms with Crippen LogP contribution in [0.25, 0.3) is 0 Å². The van der Waals surface area contributed by atoms with E-state index in [9.17, 15) is 0 Å². The number of nitrogens with zero attached hydrogens (tertiary/aromatic N) is 1. The molecule has 1 fully saturated rings. The highest BCUT2D eigenvalue weighted by molar-refractivity contribution is 6.33. The molecule has 100 valence electrons. The molecular weight excluding hydrogens is 244 g/mol. The Hall–Kier alpha value is -0.730. The molecule has 1 aliphatic heterocycles. The number of rotatable bonds is 4. The highest BCUT2D eigenvalue weighted by Crippen LogP contribution is 2.35. The average Bonchev–Trinajstić information content (AvgIpc) is 2.75. The number of para-hydroxylation sites is 1. The second kappa shape index (κ2) is 5.94. The standard InChI is InChI=1S/C15H23ClN2/c1-3-13(17)10-12-7-4-8-14(16)15(12)18-9-5-6-11(18)2/h4,7-8,11,13H,3,5-6,9-10,17H2,1-2H3. The summed E-state index contributed by atoms with van der Waals surface area (Å²) in [5.74, 6) is 0. The normalized spacial score (nSPS) is 21.3. The van der Waals surface area contributed by atoms with Crippen LogP contribution in [-0.2, 0) is 6.42 Å². The molecule has 0 aromatic heterocycles. The molecular formula is C15H23ClN2. The summed E-state index contributed by atoms with van der Waals surface area (Å²) in [6.45, 7) is 5.52. The zero-order valence-corrected chi connectivity index (χ0v) is 12.1. The third kappa shape index (κ3) is 2.81. The van der Waals surface area contributed by atoms with Crippen LogP contribution in [0.5, 0.6) is 0 Å². The van der Waals surface area contributed by atoms with E-state index in [1.165, 1.54) is 24.1 Å². The highest BCUT2D eigenvalue weighted by Gasteiger charge is 2.24. The summed E-state index contributed by atoms with van der Waals surface area (Å²) in [6, 6.07) is 7.00. The highest BCUT2D eigenvalue weighted by atomic mass is 35.5. The van der Waals surface area contributed by atoms with E-state index in [0.717, 1.165) is 24.4 Å². The summed E-state index contributed by atoms with van der Waals surface area (Å²) in [4.78, 5) is 2.44. The zero-order valence-electron chi connectivity index (χ0n) is 11.3. The molecule has 2 atom stereocenters. The van der Waals surface area contributed by atoms with E-state index < -0.39 is 0 Å². The smallest absolute Gasteiger partial charge is 0.0642 e. The molecule has 1 aromatic carbocycles. The van der Waals surface area contributed by atoms with Gasteiger partial charge in [-0.05, 0) is 44.2 Å². The van der Waals surface area contributed by atoms with Crippen LogP contribution in [0.1, 0.15) is 38.7 Å². The van der Waals surface area contributed by atoms with E-state index in [1.54, 1.807) is 0 Å². The van der Waals surface area contributed by atoms with Crippen molar-refractivity contribution in [1.82, 2.24) is 0 Å². The Bertz CT molecular complexity index is 405. The van der Waals surface area contributed by atoms with Crippen molar-refractivity contribution in [2.24, 2.45) is 5.73 Å². The van der Waals surface area contributed by atoms with Crippen molar-refractivity contribution in [2.45, 2.75) is 51.6 Å². The van der Waals surface area contributed by atoms with Gasteiger partial charge in [-0.15, -0.1) is 0 Å². The van der Waals surface area contributed by atoms with Gasteiger partial charge in [0.2, 0.25) is 0 Å². The van der Waals surface area contributed by atoms with Gasteiger partial charge in [-0.1, -0.05) is 30.7 Å². The van der Waals surface area contributed by atoms with Gasteiger partial charge in [0.25, 0.3) is 0 Å². The predicted octanol–water partition coefficient (Wildman–Crippen LogP) is 3.61. The molecule has 0 aliphatic carbocycles. The van der Waals surface area contributed by atoms with Gasteiger partial charge >= 0.3 is 0 Å². The molecule has 2 N–H and O–H groups in total. The van der Waals surface area contributed by atoms with Gasteiger partial charge in [0.05, 0.1) is 10.7 Å². The number of nitrogens with two attached hydrogens (primary N) is 1. The molecule has 2 rings (SSSR count). The Labute approximate surface area is 115 Å². The third-order valence-electron chi connectivity index (χ3n) is 3.92. The van der Waals surface area contributed by atoms with E-state index in [2.05, 4.69) is 24.8 Å². The van der Waals surface area contributed by atoms with E-state index in [4.69, 9.17) is 17.3 Å². The minimum Gasteiger partial charge on any atom is -0.367 e. The molecule has 18 heavy (non-hydrogen) atoms. The van der Waals surface area contributed by atoms with Crippen LogP contribution in [0, 0.1) is 0 Å². The number of benzene rings is 1. The Morgan fingerprint density at radius 2 is 2.28 bits per heavy atom. The summed E-state index contributed by atoms with van der Waals surface area (Å²) in [5, 5.41) is 0.865. The number of hydrogen-bond acceptors (Lipinski definition) is 2. The zero-order chi connectivity index (χ0) is 13.1. The van der Waals surface area contributed by atoms with Crippen molar-refractivity contribution in [1.29, 1.82) is 0 Å². The summed E-state index contributed by atoms with van der Waals surface area (Å²) >= 11 is 6.42. The van der Waals surface area contributed by atoms with Crippen molar-refractivity contribution in [3.63, 3.8) is 0 Å². The van der Waals surface area contributed by atoms with Crippen LogP contribution < -0.4 is 10.6 Å². The Morgan fingerprint density at radius 1 is 1.50 bits per heavy atom. The van der Waals surface area contributed by atoms with E-state index in [1.807, 2.05) is 12.1 Å². The number of halogens is 1. The predicted molar refractivity (Wildman–Crippen MR) is 79.5 cm³/mol. The fourth-order valence-electron chi connectivity index (χ4n) is 2.74. The van der Waals surface area contributed by atoms with Crippen LogP contribution in [0.2, 0.25) is 5.02 Å². The maximum absolute atomic E-state index is 6.42. The monoisotopic (exact) mass is 266 g/mol. The van der Waals surface area contributed by atoms with Crippen molar-refractivity contribution >= 4 is 17.3 Å². The van der Waals surface area contributed by atoms with Crippen LogP contribution in [-0.4, -0.2) is 18.6 Å². The first-order valence-electron chi connectivity index (χ1n) is 6.93. The van der Waals surface area contributed by atoms with E-state index in [0.29, 0.717) is 6.04 Å². The topological polar surface area (TPSA) is 29.3 Å². The molecule has 0 radical (unpaired) electrons. The second-order valence-corrected chi connectivity index (χ2v) is 5.71. The maximum Gasteiger partial charge on any atom is 0.0642 e. The molecule has 0 bridgehead atoms. The molecule has 0 spiro atoms. The van der Waals surface area contributed by atoms with Gasteiger partial charge in [-0.25, -0.2) is 0 Å². The summed E-state index contributed by atoms with van der Waals surface area (Å²) < 4.78 is 0. The first-order chi connectivity index (χ1) is 8.63. The quantitative estimate of drug-likeness (QED) is 0.902. The van der Waals surface area contributed by atoms with Crippen LogP contribution >= 0.6 is 11.6 Å². The molecule has 0 saturated carbocycles. The lowest BCUT2D eigenvalue weighted by Crippen LogP contribution is -2.29. The van der Waals surface area contributed by atoms with Crippen molar-refractivity contribution < 1.29 is 0 Å². The van der Waals surface area contributed by atoms with Gasteiger partial charge < -0.3 is 10.6 Å². The number of anilines is 1. The van der Waals surface area contributed by atoms with Crippen molar-refractivity contribution in [3.8, 4) is 0 Å². The van der Waals surface area contributed by atoms with Gasteiger partial charge in [0, 0.05) is 18.6 Å². The molecule has 2 nitrogen and oxygen atoms in total. The Morgan fingerprint density at radius 3 is 2.89 bits per heavy atom. The van der Waals surface area contributed by atoms with Gasteiger partial charge in [-0.3, -0.25) is 0 Å². The lowest BCUT2D eigenvalue weighted by Gasteiger charge is -2.28. The molecule has 2 unspecified atom stereocenters. The fraction of sp³-hybridized carbons (Fsp3) is 0.600. The minimum absolute atomic E-state index is 0.222. The summed E-state index contributed by atoms with van der Waals surface area (Å²) in [7, 11) is 0. The third-order valence-corrected chi connectivity index (χ3v) is 4.22. The molecule has 3 heteroatoms. The fourth-order valence-corrected chi connectivity index (χ4v) is 3.04. The van der Waals surface area contributed by atoms with Gasteiger partial charge in [0.15, 0.2) is 0 Å². The van der Waals surface area contributed by atoms with Gasteiger partial charge in [0.1, 0.15) is 0 Å². The molecule has 1 saturated heterocycles. The minimum atomic E-state index is 0.222. The van der Waals surface area contributed by atoms with Crippen molar-refractivity contribution in [2.75, 3.05) is 11.4 Å².